The van der Waals surface area contributed by atoms with Gasteiger partial charge in [-0.1, -0.05) is 84.9 Å². The van der Waals surface area contributed by atoms with Crippen LogP contribution in [0.4, 0.5) is 11.4 Å². The van der Waals surface area contributed by atoms with Crippen molar-refractivity contribution in [2.24, 2.45) is 0 Å². The van der Waals surface area contributed by atoms with E-state index in [0.717, 1.165) is 39.1 Å². The van der Waals surface area contributed by atoms with Gasteiger partial charge in [-0.3, -0.25) is 20.2 Å². The third kappa shape index (κ3) is 7.18. The average Bonchev–Trinajstić information content (AvgIpc) is 3.88. The molecule has 0 bridgehead atoms. The van der Waals surface area contributed by atoms with Gasteiger partial charge < -0.3 is 14.3 Å². The molecule has 0 amide bonds. The van der Waals surface area contributed by atoms with E-state index in [1.54, 1.807) is 24.3 Å². The maximum absolute atomic E-state index is 11.6. The van der Waals surface area contributed by atoms with E-state index in [-0.39, 0.29) is 39.5 Å². The predicted octanol–water partition coefficient (Wildman–Crippen LogP) is 11.0. The number of halogens is 1. The first-order valence-corrected chi connectivity index (χ1v) is 18.3. The van der Waals surface area contributed by atoms with Gasteiger partial charge in [-0.25, -0.2) is 0 Å². The molecule has 54 heavy (non-hydrogen) atoms. The van der Waals surface area contributed by atoms with E-state index in [1.807, 2.05) is 79.0 Å². The molecule has 0 radical (unpaired) electrons. The molecule has 11 heteroatoms. The fraction of sp³-hybridized carbons (Fsp3) is 0.163. The van der Waals surface area contributed by atoms with Crippen molar-refractivity contribution in [3.63, 3.8) is 0 Å². The van der Waals surface area contributed by atoms with Gasteiger partial charge >= 0.3 is 7.12 Å². The molecule has 7 aromatic rings. The van der Waals surface area contributed by atoms with Gasteiger partial charge in [-0.15, -0.1) is 0 Å². The number of allylic oxidation sites excluding steroid dienone is 1. The molecular formula is C43H37BBrN3O6. The molecule has 2 heterocycles. The fourth-order valence-corrected chi connectivity index (χ4v) is 7.20. The Morgan fingerprint density at radius 2 is 1.33 bits per heavy atom. The van der Waals surface area contributed by atoms with E-state index in [1.165, 1.54) is 11.1 Å². The molecule has 270 valence electrons. The number of H-pyrrole nitrogens is 1. The van der Waals surface area contributed by atoms with E-state index in [2.05, 4.69) is 79.0 Å². The summed E-state index contributed by atoms with van der Waals surface area (Å²) in [7, 11) is -0.255. The molecule has 1 fully saturated rings. The van der Waals surface area contributed by atoms with Crippen LogP contribution in [0.25, 0.3) is 49.7 Å². The maximum atomic E-state index is 11.6. The molecule has 0 saturated carbocycles. The van der Waals surface area contributed by atoms with Crippen molar-refractivity contribution >= 4 is 78.4 Å². The van der Waals surface area contributed by atoms with Crippen molar-refractivity contribution in [1.82, 2.24) is 4.98 Å². The number of aromatic nitrogens is 1. The second-order valence-electron chi connectivity index (χ2n) is 14.2. The monoisotopic (exact) mass is 781 g/mol. The summed E-state index contributed by atoms with van der Waals surface area (Å²) in [6, 6.07) is 36.2. The number of fused-ring (bicyclic) bond motifs is 4. The molecule has 0 atom stereocenters. The zero-order chi connectivity index (χ0) is 38.2. The van der Waals surface area contributed by atoms with E-state index in [4.69, 9.17) is 9.31 Å². The van der Waals surface area contributed by atoms with E-state index < -0.39 is 0 Å². The van der Waals surface area contributed by atoms with Crippen molar-refractivity contribution in [1.29, 1.82) is 0 Å². The third-order valence-corrected chi connectivity index (χ3v) is 11.0. The van der Waals surface area contributed by atoms with Crippen LogP contribution >= 0.6 is 15.9 Å². The van der Waals surface area contributed by atoms with Crippen LogP contribution < -0.4 is 5.46 Å². The Labute approximate surface area is 321 Å². The molecule has 1 aliphatic heterocycles. The number of nitrogens with one attached hydrogen (secondary N) is 1. The van der Waals surface area contributed by atoms with Crippen LogP contribution in [0.3, 0.4) is 0 Å². The van der Waals surface area contributed by atoms with Gasteiger partial charge in [0.2, 0.25) is 0 Å². The highest BCUT2D eigenvalue weighted by molar-refractivity contribution is 9.10. The number of benzene rings is 6. The second-order valence-corrected chi connectivity index (χ2v) is 15.1. The number of rotatable bonds is 4. The Hall–Kier alpha value is -5.62. The van der Waals surface area contributed by atoms with E-state index >= 15 is 0 Å². The minimum atomic E-state index is -0.369. The van der Waals surface area contributed by atoms with Crippen LogP contribution in [0.15, 0.2) is 132 Å². The average molecular weight is 783 g/mol. The third-order valence-electron chi connectivity index (χ3n) is 10.3. The molecule has 9 rings (SSSR count). The summed E-state index contributed by atoms with van der Waals surface area (Å²) in [5.41, 5.74) is 6.05. The van der Waals surface area contributed by atoms with Crippen molar-refractivity contribution in [3.8, 4) is 11.1 Å². The first-order valence-electron chi connectivity index (χ1n) is 17.5. The first-order chi connectivity index (χ1) is 25.8. The number of hydrogen-bond acceptors (Lipinski definition) is 6. The van der Waals surface area contributed by atoms with Gasteiger partial charge in [0.25, 0.3) is 11.4 Å². The van der Waals surface area contributed by atoms with Crippen molar-refractivity contribution in [3.05, 3.63) is 163 Å². The quantitative estimate of drug-likeness (QED) is 0.108. The lowest BCUT2D eigenvalue weighted by molar-refractivity contribution is -0.383. The van der Waals surface area contributed by atoms with Crippen molar-refractivity contribution < 1.29 is 19.2 Å². The Bertz CT molecular complexity index is 2580. The van der Waals surface area contributed by atoms with Gasteiger partial charge in [0.15, 0.2) is 0 Å². The minimum absolute atomic E-state index is 0.128. The highest BCUT2D eigenvalue weighted by Gasteiger charge is 2.51. The van der Waals surface area contributed by atoms with E-state index in [9.17, 15) is 20.2 Å². The summed E-state index contributed by atoms with van der Waals surface area (Å²) in [6.45, 7) is 8.33. The van der Waals surface area contributed by atoms with Crippen molar-refractivity contribution in [2.45, 2.75) is 45.3 Å². The van der Waals surface area contributed by atoms with Gasteiger partial charge in [0, 0.05) is 11.7 Å². The lowest BCUT2D eigenvalue weighted by Gasteiger charge is -2.32. The number of nitro groups is 2. The van der Waals surface area contributed by atoms with Crippen LogP contribution in [-0.2, 0) is 15.7 Å². The predicted molar refractivity (Wildman–Crippen MR) is 221 cm³/mol. The fourth-order valence-electron chi connectivity index (χ4n) is 6.71. The highest BCUT2D eigenvalue weighted by atomic mass is 79.9. The molecule has 0 unspecified atom stereocenters. The van der Waals surface area contributed by atoms with Crippen molar-refractivity contribution in [2.75, 3.05) is 0 Å². The minimum Gasteiger partial charge on any atom is -0.399 e. The van der Waals surface area contributed by atoms with Crippen LogP contribution in [0.1, 0.15) is 38.8 Å². The molecule has 1 N–H and O–H groups in total. The SMILES string of the molecule is CC1(C)OB(c2ccc3c(c2)C=CC3)OC1(C)C.O=[N+]([O-])c1c(-c2ccc3[nH]ccc3c2)ccc2ccccc12.O=[N+]([O-])c1c(Br)ccc2ccccc12. The molecule has 6 aromatic carbocycles. The molecular weight excluding hydrogens is 745 g/mol. The smallest absolute Gasteiger partial charge is 0.399 e. The lowest BCUT2D eigenvalue weighted by Crippen LogP contribution is -2.41. The normalized spacial score (nSPS) is 15.0. The maximum Gasteiger partial charge on any atom is 0.494 e. The number of hydrogen-bond donors (Lipinski definition) is 1. The first kappa shape index (κ1) is 36.7. The largest absolute Gasteiger partial charge is 0.494 e. The van der Waals surface area contributed by atoms with Gasteiger partial charge in [0.05, 0.1) is 41.9 Å². The Balaban J connectivity index is 0.000000128. The summed E-state index contributed by atoms with van der Waals surface area (Å²) < 4.78 is 12.6. The molecule has 1 aromatic heterocycles. The molecule has 1 aliphatic carbocycles. The van der Waals surface area contributed by atoms with Gasteiger partial charge in [-0.2, -0.15) is 0 Å². The lowest BCUT2D eigenvalue weighted by atomic mass is 9.78. The summed E-state index contributed by atoms with van der Waals surface area (Å²) in [4.78, 5) is 24.9. The summed E-state index contributed by atoms with van der Waals surface area (Å²) in [6.07, 6.45) is 7.27. The molecule has 1 saturated heterocycles. The van der Waals surface area contributed by atoms with Gasteiger partial charge in [0.1, 0.15) is 0 Å². The highest BCUT2D eigenvalue weighted by Crippen LogP contribution is 2.38. The number of nitro benzene ring substituents is 2. The van der Waals surface area contributed by atoms with Crippen LogP contribution in [-0.4, -0.2) is 33.2 Å². The zero-order valence-electron chi connectivity index (χ0n) is 30.2. The standard InChI is InChI=1S/C18H12N2O2.C15H19BO2.C10H6BrNO2/c21-20(22)18-15-4-2-1-3-12(15)5-7-16(18)13-6-8-17-14(11-13)9-10-19-17;1-14(2)15(3,4)18-16(17-14)13-9-8-11-6-5-7-12(11)10-13;11-9-6-5-7-3-1-2-4-8(7)10(9)12(13)14/h1-11,19H;5,7-10H,6H2,1-4H3;1-6H. The summed E-state index contributed by atoms with van der Waals surface area (Å²) in [5, 5.41) is 26.6. The number of aromatic amines is 1. The van der Waals surface area contributed by atoms with Gasteiger partial charge in [-0.05, 0) is 131 Å². The zero-order valence-corrected chi connectivity index (χ0v) is 31.8. The van der Waals surface area contributed by atoms with Crippen LogP contribution in [0.2, 0.25) is 0 Å². The summed E-state index contributed by atoms with van der Waals surface area (Å²) >= 11 is 3.18. The van der Waals surface area contributed by atoms with Crippen LogP contribution in [0.5, 0.6) is 0 Å². The Morgan fingerprint density at radius 1 is 0.704 bits per heavy atom. The second kappa shape index (κ2) is 14.7. The Kier molecular flexibility index (Phi) is 9.97. The molecule has 2 aliphatic rings. The van der Waals surface area contributed by atoms with Crippen LogP contribution in [0, 0.1) is 20.2 Å². The molecule has 0 spiro atoms. The summed E-state index contributed by atoms with van der Waals surface area (Å²) in [5.74, 6) is 0. The topological polar surface area (TPSA) is 121 Å². The molecule has 9 nitrogen and oxygen atoms in total. The van der Waals surface area contributed by atoms with E-state index in [0.29, 0.717) is 20.8 Å². The Morgan fingerprint density at radius 3 is 2.00 bits per heavy atom. The number of nitrogens with zero attached hydrogens (tertiary/aromatic N) is 2.